The molecule has 7 aromatic carbocycles. The van der Waals surface area contributed by atoms with Gasteiger partial charge in [0.25, 0.3) is 0 Å². The van der Waals surface area contributed by atoms with Crippen molar-refractivity contribution in [2.45, 2.75) is 15.2 Å². The van der Waals surface area contributed by atoms with Crippen molar-refractivity contribution in [2.75, 3.05) is 0 Å². The zero-order valence-corrected chi connectivity index (χ0v) is 24.1. The van der Waals surface area contributed by atoms with E-state index in [0.29, 0.717) is 0 Å². The molecule has 0 fully saturated rings. The molecule has 10 rings (SSSR count). The minimum absolute atomic E-state index is 0.386. The molecule has 1 spiro atoms. The van der Waals surface area contributed by atoms with Crippen molar-refractivity contribution < 1.29 is 0 Å². The molecule has 0 N–H and O–H groups in total. The molecule has 0 radical (unpaired) electrons. The Bertz CT molecular complexity index is 2400. The van der Waals surface area contributed by atoms with Crippen molar-refractivity contribution >= 4 is 44.3 Å². The minimum Gasteiger partial charge on any atom is -0.308 e. The van der Waals surface area contributed by atoms with Gasteiger partial charge >= 0.3 is 0 Å². The first-order chi connectivity index (χ1) is 21.3. The smallest absolute Gasteiger partial charge is 0.0736 e. The molecule has 2 aliphatic rings. The van der Waals surface area contributed by atoms with Crippen LogP contribution in [0.25, 0.3) is 49.4 Å². The van der Waals surface area contributed by atoms with Crippen molar-refractivity contribution in [2.24, 2.45) is 0 Å². The van der Waals surface area contributed by atoms with Gasteiger partial charge in [-0.1, -0.05) is 139 Å². The third-order valence-electron chi connectivity index (χ3n) is 9.64. The predicted octanol–water partition coefficient (Wildman–Crippen LogP) is 10.8. The Morgan fingerprint density at radius 3 is 1.93 bits per heavy atom. The first kappa shape index (κ1) is 23.5. The van der Waals surface area contributed by atoms with Crippen LogP contribution in [0.5, 0.6) is 0 Å². The van der Waals surface area contributed by atoms with Crippen LogP contribution in [0.15, 0.2) is 161 Å². The van der Waals surface area contributed by atoms with E-state index in [-0.39, 0.29) is 5.41 Å². The van der Waals surface area contributed by atoms with Crippen molar-refractivity contribution in [3.63, 3.8) is 0 Å². The molecule has 2 heterocycles. The molecule has 200 valence electrons. The lowest BCUT2D eigenvalue weighted by atomic mass is 9.67. The van der Waals surface area contributed by atoms with Gasteiger partial charge in [-0.15, -0.1) is 0 Å². The van der Waals surface area contributed by atoms with Crippen LogP contribution < -0.4 is 0 Å². The van der Waals surface area contributed by atoms with Gasteiger partial charge in [-0.05, 0) is 68.4 Å². The minimum atomic E-state index is -0.386. The molecule has 1 nitrogen and oxygen atoms in total. The number of hydrogen-bond acceptors (Lipinski definition) is 1. The number of nitrogens with zero attached hydrogens (tertiary/aromatic N) is 1. The fraction of sp³-hybridized carbons (Fsp3) is 0.0244. The molecular formula is C41H25NS. The van der Waals surface area contributed by atoms with Crippen LogP contribution in [0.3, 0.4) is 0 Å². The molecular weight excluding hydrogens is 539 g/mol. The van der Waals surface area contributed by atoms with Gasteiger partial charge in [-0.2, -0.15) is 0 Å². The zero-order chi connectivity index (χ0) is 28.1. The maximum atomic E-state index is 2.51. The molecule has 0 unspecified atom stereocenters. The van der Waals surface area contributed by atoms with Gasteiger partial charge in [0.1, 0.15) is 0 Å². The summed E-state index contributed by atoms with van der Waals surface area (Å²) in [5, 5.41) is 5.10. The SMILES string of the molecule is c1ccc2c(c1)Sc1c(ccc3c4ccccc4n(-c4ccc5ccccc5c4)c13)C21c2ccccc2-c2ccccc21. The van der Waals surface area contributed by atoms with Crippen LogP contribution in [0.1, 0.15) is 22.3 Å². The zero-order valence-electron chi connectivity index (χ0n) is 23.3. The second-order valence-electron chi connectivity index (χ2n) is 11.7. The molecule has 0 saturated heterocycles. The van der Waals surface area contributed by atoms with Crippen LogP contribution in [0.2, 0.25) is 0 Å². The molecule has 1 aliphatic heterocycles. The van der Waals surface area contributed by atoms with Crippen molar-refractivity contribution in [3.8, 4) is 16.8 Å². The monoisotopic (exact) mass is 563 g/mol. The van der Waals surface area contributed by atoms with Gasteiger partial charge in [0, 0.05) is 26.3 Å². The van der Waals surface area contributed by atoms with Crippen LogP contribution in [-0.2, 0) is 5.41 Å². The van der Waals surface area contributed by atoms with Crippen LogP contribution in [0, 0.1) is 0 Å². The summed E-state index contributed by atoms with van der Waals surface area (Å²) in [6.07, 6.45) is 0. The highest BCUT2D eigenvalue weighted by Gasteiger charge is 2.50. The highest BCUT2D eigenvalue weighted by atomic mass is 32.2. The van der Waals surface area contributed by atoms with E-state index in [1.54, 1.807) is 0 Å². The summed E-state index contributed by atoms with van der Waals surface area (Å²) in [6.45, 7) is 0. The lowest BCUT2D eigenvalue weighted by Gasteiger charge is -2.40. The van der Waals surface area contributed by atoms with Crippen molar-refractivity contribution in [3.05, 3.63) is 174 Å². The number of aromatic nitrogens is 1. The quantitative estimate of drug-likeness (QED) is 0.192. The molecule has 0 atom stereocenters. The summed E-state index contributed by atoms with van der Waals surface area (Å²) in [5.41, 5.74) is 11.5. The van der Waals surface area contributed by atoms with Crippen LogP contribution in [-0.4, -0.2) is 4.57 Å². The average Bonchev–Trinajstić information content (AvgIpc) is 3.56. The van der Waals surface area contributed by atoms with E-state index in [9.17, 15) is 0 Å². The lowest BCUT2D eigenvalue weighted by Crippen LogP contribution is -2.32. The summed E-state index contributed by atoms with van der Waals surface area (Å²) in [5.74, 6) is 0. The molecule has 0 saturated carbocycles. The number of rotatable bonds is 1. The van der Waals surface area contributed by atoms with Gasteiger partial charge in [-0.25, -0.2) is 0 Å². The van der Waals surface area contributed by atoms with E-state index in [0.717, 1.165) is 0 Å². The molecule has 43 heavy (non-hydrogen) atoms. The van der Waals surface area contributed by atoms with Gasteiger partial charge in [0.2, 0.25) is 0 Å². The first-order valence-electron chi connectivity index (χ1n) is 14.9. The van der Waals surface area contributed by atoms with E-state index in [4.69, 9.17) is 0 Å². The fourth-order valence-electron chi connectivity index (χ4n) is 7.95. The third-order valence-corrected chi connectivity index (χ3v) is 10.8. The Hall–Kier alpha value is -5.05. The molecule has 1 aromatic heterocycles. The highest BCUT2D eigenvalue weighted by Crippen LogP contribution is 2.63. The molecule has 1 aliphatic carbocycles. The van der Waals surface area contributed by atoms with Gasteiger partial charge in [0.15, 0.2) is 0 Å². The Labute approximate surface area is 254 Å². The van der Waals surface area contributed by atoms with E-state index >= 15 is 0 Å². The average molecular weight is 564 g/mol. The van der Waals surface area contributed by atoms with E-state index in [1.165, 1.54) is 81.4 Å². The molecule has 2 heteroatoms. The van der Waals surface area contributed by atoms with E-state index < -0.39 is 0 Å². The van der Waals surface area contributed by atoms with E-state index in [1.807, 2.05) is 11.8 Å². The largest absolute Gasteiger partial charge is 0.308 e. The molecule has 8 aromatic rings. The standard InChI is InChI=1S/C41H25NS/c1-2-12-27-25-28(22-21-26(27)11-1)42-37-19-9-5-15-31(37)32-23-24-36-40(39(32)42)43-38-20-10-8-18-35(38)41(36)33-16-6-3-13-29(33)30-14-4-7-17-34(30)41/h1-25H. The summed E-state index contributed by atoms with van der Waals surface area (Å²) in [4.78, 5) is 2.66. The second kappa shape index (κ2) is 8.50. The predicted molar refractivity (Wildman–Crippen MR) is 180 cm³/mol. The maximum Gasteiger partial charge on any atom is 0.0736 e. The van der Waals surface area contributed by atoms with Crippen molar-refractivity contribution in [1.29, 1.82) is 0 Å². The van der Waals surface area contributed by atoms with E-state index in [2.05, 4.69) is 156 Å². The van der Waals surface area contributed by atoms with Crippen LogP contribution in [0.4, 0.5) is 0 Å². The Kier molecular flexibility index (Phi) is 4.65. The number of para-hydroxylation sites is 1. The Morgan fingerprint density at radius 2 is 1.12 bits per heavy atom. The summed E-state index contributed by atoms with van der Waals surface area (Å²) >= 11 is 1.93. The number of benzene rings is 7. The maximum absolute atomic E-state index is 2.51. The summed E-state index contributed by atoms with van der Waals surface area (Å²) < 4.78 is 2.51. The Balaban J connectivity index is 1.40. The third kappa shape index (κ3) is 2.94. The molecule has 0 amide bonds. The van der Waals surface area contributed by atoms with Crippen molar-refractivity contribution in [1.82, 2.24) is 4.57 Å². The highest BCUT2D eigenvalue weighted by molar-refractivity contribution is 7.99. The Morgan fingerprint density at radius 1 is 0.465 bits per heavy atom. The van der Waals surface area contributed by atoms with Crippen LogP contribution >= 0.6 is 11.8 Å². The second-order valence-corrected chi connectivity index (χ2v) is 12.7. The number of hydrogen-bond donors (Lipinski definition) is 0. The van der Waals surface area contributed by atoms with Gasteiger partial charge < -0.3 is 4.57 Å². The topological polar surface area (TPSA) is 4.93 Å². The summed E-state index contributed by atoms with van der Waals surface area (Å²) in [6, 6.07) is 56.4. The first-order valence-corrected chi connectivity index (χ1v) is 15.7. The number of fused-ring (bicyclic) bond motifs is 14. The molecule has 0 bridgehead atoms. The summed E-state index contributed by atoms with van der Waals surface area (Å²) in [7, 11) is 0. The lowest BCUT2D eigenvalue weighted by molar-refractivity contribution is 0.724. The van der Waals surface area contributed by atoms with Gasteiger partial charge in [-0.3, -0.25) is 0 Å². The normalized spacial score (nSPS) is 14.1. The fourth-order valence-corrected chi connectivity index (χ4v) is 9.27. The van der Waals surface area contributed by atoms with Gasteiger partial charge in [0.05, 0.1) is 16.4 Å².